The number of carbonyl (C=O) groups excluding carboxylic acids is 1. The summed E-state index contributed by atoms with van der Waals surface area (Å²) < 4.78 is 0. The van der Waals surface area contributed by atoms with Crippen LogP contribution in [0.15, 0.2) is 48.5 Å². The number of carboxylic acids is 1. The topological polar surface area (TPSA) is 79.3 Å². The van der Waals surface area contributed by atoms with Crippen molar-refractivity contribution in [3.8, 4) is 0 Å². The molecule has 1 aromatic carbocycles. The molecule has 0 aliphatic carbocycles. The Kier molecular flexibility index (Phi) is 4.66. The van der Waals surface area contributed by atoms with Crippen molar-refractivity contribution in [2.75, 3.05) is 0 Å². The van der Waals surface area contributed by atoms with Gasteiger partial charge in [-0.25, -0.2) is 9.78 Å². The Balaban J connectivity index is 2.10. The molecule has 2 N–H and O–H groups in total. The van der Waals surface area contributed by atoms with Crippen molar-refractivity contribution >= 4 is 11.9 Å². The highest BCUT2D eigenvalue weighted by Gasteiger charge is 2.21. The molecule has 1 atom stereocenters. The average Bonchev–Trinajstić information content (AvgIpc) is 2.47. The summed E-state index contributed by atoms with van der Waals surface area (Å²) >= 11 is 0. The van der Waals surface area contributed by atoms with Gasteiger partial charge < -0.3 is 10.4 Å². The third kappa shape index (κ3) is 4.14. The van der Waals surface area contributed by atoms with Gasteiger partial charge in [0.15, 0.2) is 0 Å². The van der Waals surface area contributed by atoms with E-state index in [0.29, 0.717) is 5.69 Å². The van der Waals surface area contributed by atoms with Gasteiger partial charge in [0.2, 0.25) is 0 Å². The number of rotatable bonds is 5. The van der Waals surface area contributed by atoms with E-state index in [1.807, 2.05) is 30.3 Å². The molecule has 0 saturated heterocycles. The van der Waals surface area contributed by atoms with E-state index >= 15 is 0 Å². The van der Waals surface area contributed by atoms with E-state index in [-0.39, 0.29) is 12.1 Å². The van der Waals surface area contributed by atoms with Crippen molar-refractivity contribution in [1.82, 2.24) is 10.3 Å². The maximum atomic E-state index is 12.1. The standard InChI is InChI=1S/C16H16N2O3/c1-11-6-5-9-13(17-11)15(19)18-14(16(20)21)10-12-7-3-2-4-8-12/h2-9,14H,10H2,1H3,(H,18,19)(H,20,21)/t14-/m0/s1. The predicted molar refractivity (Wildman–Crippen MR) is 78.0 cm³/mol. The highest BCUT2D eigenvalue weighted by molar-refractivity contribution is 5.95. The lowest BCUT2D eigenvalue weighted by Gasteiger charge is -2.14. The van der Waals surface area contributed by atoms with Crippen molar-refractivity contribution in [1.29, 1.82) is 0 Å². The van der Waals surface area contributed by atoms with Gasteiger partial charge in [-0.05, 0) is 24.6 Å². The number of hydrogen-bond acceptors (Lipinski definition) is 3. The Labute approximate surface area is 122 Å². The summed E-state index contributed by atoms with van der Waals surface area (Å²) in [5.74, 6) is -1.55. The van der Waals surface area contributed by atoms with Gasteiger partial charge in [-0.15, -0.1) is 0 Å². The highest BCUT2D eigenvalue weighted by Crippen LogP contribution is 2.05. The minimum absolute atomic E-state index is 0.217. The largest absolute Gasteiger partial charge is 0.480 e. The zero-order chi connectivity index (χ0) is 15.2. The van der Waals surface area contributed by atoms with Crippen LogP contribution in [0, 0.1) is 6.92 Å². The normalized spacial score (nSPS) is 11.7. The summed E-state index contributed by atoms with van der Waals surface area (Å²) in [5.41, 5.74) is 1.77. The molecule has 21 heavy (non-hydrogen) atoms. The number of aromatic nitrogens is 1. The monoisotopic (exact) mass is 284 g/mol. The first-order chi connectivity index (χ1) is 10.1. The maximum absolute atomic E-state index is 12.1. The molecule has 0 aliphatic rings. The van der Waals surface area contributed by atoms with Gasteiger partial charge >= 0.3 is 5.97 Å². The van der Waals surface area contributed by atoms with E-state index < -0.39 is 17.9 Å². The van der Waals surface area contributed by atoms with Gasteiger partial charge in [0.25, 0.3) is 5.91 Å². The molecule has 0 bridgehead atoms. The van der Waals surface area contributed by atoms with Crippen molar-refractivity contribution in [2.45, 2.75) is 19.4 Å². The number of hydrogen-bond donors (Lipinski definition) is 2. The minimum atomic E-state index is -1.07. The quantitative estimate of drug-likeness (QED) is 0.877. The summed E-state index contributed by atoms with van der Waals surface area (Å²) in [6.07, 6.45) is 0.230. The Morgan fingerprint density at radius 1 is 1.14 bits per heavy atom. The summed E-state index contributed by atoms with van der Waals surface area (Å²) in [6, 6.07) is 13.2. The molecule has 0 radical (unpaired) electrons. The van der Waals surface area contributed by atoms with Gasteiger partial charge in [-0.2, -0.15) is 0 Å². The first-order valence-electron chi connectivity index (χ1n) is 6.57. The van der Waals surface area contributed by atoms with Crippen LogP contribution in [-0.2, 0) is 11.2 Å². The number of aliphatic carboxylic acids is 1. The summed E-state index contributed by atoms with van der Waals surface area (Å²) in [7, 11) is 0. The Bertz CT molecular complexity index is 641. The molecule has 1 aromatic heterocycles. The Morgan fingerprint density at radius 2 is 1.86 bits per heavy atom. The summed E-state index contributed by atoms with van der Waals surface area (Å²) in [5, 5.41) is 11.8. The molecule has 5 nitrogen and oxygen atoms in total. The molecule has 0 aliphatic heterocycles. The summed E-state index contributed by atoms with van der Waals surface area (Å²) in [4.78, 5) is 27.5. The summed E-state index contributed by atoms with van der Waals surface area (Å²) in [6.45, 7) is 1.77. The number of carboxylic acid groups (broad SMARTS) is 1. The van der Waals surface area contributed by atoms with Gasteiger partial charge in [0.1, 0.15) is 11.7 Å². The third-order valence-corrected chi connectivity index (χ3v) is 3.01. The average molecular weight is 284 g/mol. The molecule has 0 spiro atoms. The molecule has 5 heteroatoms. The Hall–Kier alpha value is -2.69. The smallest absolute Gasteiger partial charge is 0.326 e. The highest BCUT2D eigenvalue weighted by atomic mass is 16.4. The molecule has 2 rings (SSSR count). The van der Waals surface area contributed by atoms with Crippen molar-refractivity contribution in [3.05, 3.63) is 65.5 Å². The fourth-order valence-electron chi connectivity index (χ4n) is 1.95. The van der Waals surface area contributed by atoms with E-state index in [4.69, 9.17) is 0 Å². The predicted octanol–water partition coefficient (Wildman–Crippen LogP) is 1.82. The van der Waals surface area contributed by atoms with E-state index in [9.17, 15) is 14.7 Å². The Morgan fingerprint density at radius 3 is 2.48 bits per heavy atom. The van der Waals surface area contributed by atoms with Crippen LogP contribution in [0.1, 0.15) is 21.7 Å². The van der Waals surface area contributed by atoms with Crippen LogP contribution in [0.5, 0.6) is 0 Å². The molecule has 2 aromatic rings. The van der Waals surface area contributed by atoms with Crippen molar-refractivity contribution in [3.63, 3.8) is 0 Å². The van der Waals surface area contributed by atoms with E-state index in [0.717, 1.165) is 5.56 Å². The second kappa shape index (κ2) is 6.65. The number of carbonyl (C=O) groups is 2. The SMILES string of the molecule is Cc1cccc(C(=O)N[C@@H](Cc2ccccc2)C(=O)O)n1. The molecule has 1 amide bonds. The van der Waals surface area contributed by atoms with Crippen LogP contribution in [0.3, 0.4) is 0 Å². The van der Waals surface area contributed by atoms with Crippen LogP contribution in [0.25, 0.3) is 0 Å². The third-order valence-electron chi connectivity index (χ3n) is 3.01. The number of amides is 1. The number of pyridine rings is 1. The van der Waals surface area contributed by atoms with Gasteiger partial charge in [-0.1, -0.05) is 36.4 Å². The number of aryl methyl sites for hydroxylation is 1. The molecule has 0 unspecified atom stereocenters. The molecule has 0 saturated carbocycles. The zero-order valence-electron chi connectivity index (χ0n) is 11.6. The second-order valence-corrected chi connectivity index (χ2v) is 4.72. The first-order valence-corrected chi connectivity index (χ1v) is 6.57. The second-order valence-electron chi connectivity index (χ2n) is 4.72. The van der Waals surface area contributed by atoms with E-state index in [1.54, 1.807) is 25.1 Å². The first kappa shape index (κ1) is 14.7. The van der Waals surface area contributed by atoms with Crippen LogP contribution in [0.4, 0.5) is 0 Å². The van der Waals surface area contributed by atoms with Crippen LogP contribution in [0.2, 0.25) is 0 Å². The molecular weight excluding hydrogens is 268 g/mol. The number of benzene rings is 1. The lowest BCUT2D eigenvalue weighted by molar-refractivity contribution is -0.139. The lowest BCUT2D eigenvalue weighted by Crippen LogP contribution is -2.42. The fraction of sp³-hybridized carbons (Fsp3) is 0.188. The molecular formula is C16H16N2O3. The minimum Gasteiger partial charge on any atom is -0.480 e. The van der Waals surface area contributed by atoms with Crippen LogP contribution >= 0.6 is 0 Å². The van der Waals surface area contributed by atoms with Crippen LogP contribution in [-0.4, -0.2) is 28.0 Å². The van der Waals surface area contributed by atoms with Crippen LogP contribution < -0.4 is 5.32 Å². The van der Waals surface area contributed by atoms with Crippen molar-refractivity contribution in [2.24, 2.45) is 0 Å². The number of nitrogens with zero attached hydrogens (tertiary/aromatic N) is 1. The molecule has 1 heterocycles. The van der Waals surface area contributed by atoms with Gasteiger partial charge in [0, 0.05) is 12.1 Å². The lowest BCUT2D eigenvalue weighted by atomic mass is 10.1. The van der Waals surface area contributed by atoms with Gasteiger partial charge in [0.05, 0.1) is 0 Å². The zero-order valence-corrected chi connectivity index (χ0v) is 11.6. The molecule has 0 fully saturated rings. The van der Waals surface area contributed by atoms with Crippen molar-refractivity contribution < 1.29 is 14.7 Å². The molecule has 108 valence electrons. The maximum Gasteiger partial charge on any atom is 0.326 e. The number of nitrogens with one attached hydrogen (secondary N) is 1. The fourth-order valence-corrected chi connectivity index (χ4v) is 1.95. The van der Waals surface area contributed by atoms with E-state index in [2.05, 4.69) is 10.3 Å². The van der Waals surface area contributed by atoms with E-state index in [1.165, 1.54) is 0 Å². The van der Waals surface area contributed by atoms with Gasteiger partial charge in [-0.3, -0.25) is 4.79 Å².